The van der Waals surface area contributed by atoms with Gasteiger partial charge in [-0.15, -0.1) is 0 Å². The minimum atomic E-state index is -0.244. The molecule has 0 aromatic heterocycles. The molecule has 7 heteroatoms. The molecule has 3 amide bonds. The molecule has 3 N–H and O–H groups in total. The smallest absolute Gasteiger partial charge is 0.319 e. The van der Waals surface area contributed by atoms with E-state index in [2.05, 4.69) is 16.0 Å². The molecule has 0 unspecified atom stereocenters. The van der Waals surface area contributed by atoms with Crippen molar-refractivity contribution in [1.82, 2.24) is 10.6 Å². The Morgan fingerprint density at radius 2 is 1.82 bits per heavy atom. The second-order valence-corrected chi connectivity index (χ2v) is 7.70. The minimum absolute atomic E-state index is 0.0785. The quantitative estimate of drug-likeness (QED) is 0.722. The van der Waals surface area contributed by atoms with Crippen molar-refractivity contribution in [2.24, 2.45) is 5.92 Å². The molecule has 2 fully saturated rings. The van der Waals surface area contributed by atoms with Crippen molar-refractivity contribution < 1.29 is 19.1 Å². The molecule has 1 heterocycles. The molecular weight excluding hydrogens is 358 g/mol. The van der Waals surface area contributed by atoms with Crippen molar-refractivity contribution in [3.05, 3.63) is 29.8 Å². The summed E-state index contributed by atoms with van der Waals surface area (Å²) in [6.45, 7) is 3.37. The minimum Gasteiger partial charge on any atom is -0.381 e. The maximum atomic E-state index is 12.6. The van der Waals surface area contributed by atoms with E-state index >= 15 is 0 Å². The normalized spacial score (nSPS) is 25.7. The Labute approximate surface area is 166 Å². The van der Waals surface area contributed by atoms with E-state index in [1.165, 1.54) is 0 Å². The van der Waals surface area contributed by atoms with Crippen molar-refractivity contribution in [3.63, 3.8) is 0 Å². The summed E-state index contributed by atoms with van der Waals surface area (Å²) in [7, 11) is 1.64. The van der Waals surface area contributed by atoms with Crippen LogP contribution < -0.4 is 16.0 Å². The monoisotopic (exact) mass is 389 g/mol. The molecule has 3 rings (SSSR count). The third-order valence-corrected chi connectivity index (χ3v) is 5.74. The van der Waals surface area contributed by atoms with E-state index < -0.39 is 0 Å². The van der Waals surface area contributed by atoms with Gasteiger partial charge in [0.2, 0.25) is 5.91 Å². The number of ether oxygens (including phenoxy) is 2. The summed E-state index contributed by atoms with van der Waals surface area (Å²) < 4.78 is 11.0. The lowest BCUT2D eigenvalue weighted by atomic mass is 9.83. The molecule has 1 aromatic rings. The van der Waals surface area contributed by atoms with Gasteiger partial charge in [0, 0.05) is 38.0 Å². The van der Waals surface area contributed by atoms with Gasteiger partial charge < -0.3 is 25.4 Å². The maximum Gasteiger partial charge on any atom is 0.319 e. The van der Waals surface area contributed by atoms with Crippen molar-refractivity contribution in [2.45, 2.75) is 57.2 Å². The van der Waals surface area contributed by atoms with Crippen LogP contribution in [0.15, 0.2) is 24.3 Å². The Morgan fingerprint density at radius 1 is 1.07 bits per heavy atom. The zero-order valence-electron chi connectivity index (χ0n) is 16.7. The summed E-state index contributed by atoms with van der Waals surface area (Å²) in [6.07, 6.45) is 3.63. The Morgan fingerprint density at radius 3 is 2.54 bits per heavy atom. The molecule has 0 radical (unpaired) electrons. The number of carbonyl (C=O) groups is 2. The molecule has 0 bridgehead atoms. The number of rotatable bonds is 5. The second kappa shape index (κ2) is 9.89. The summed E-state index contributed by atoms with van der Waals surface area (Å²) >= 11 is 0. The third-order valence-electron chi connectivity index (χ3n) is 5.74. The number of anilines is 1. The van der Waals surface area contributed by atoms with E-state index in [0.29, 0.717) is 26.1 Å². The van der Waals surface area contributed by atoms with Crippen LogP contribution in [0, 0.1) is 12.8 Å². The van der Waals surface area contributed by atoms with E-state index in [4.69, 9.17) is 9.47 Å². The number of aryl methyl sites for hydroxylation is 1. The van der Waals surface area contributed by atoms with Crippen LogP contribution in [0.5, 0.6) is 0 Å². The molecule has 7 nitrogen and oxygen atoms in total. The third kappa shape index (κ3) is 5.45. The SMILES string of the molecule is CO[C@@H]1C[C@@H](C(=O)NC2CCOCC2)CC[C@H]1NC(=O)Nc1ccccc1C. The average Bonchev–Trinajstić information content (AvgIpc) is 2.70. The van der Waals surface area contributed by atoms with Crippen LogP contribution in [0.25, 0.3) is 0 Å². The van der Waals surface area contributed by atoms with Crippen LogP contribution in [0.3, 0.4) is 0 Å². The number of hydrogen-bond donors (Lipinski definition) is 3. The topological polar surface area (TPSA) is 88.7 Å². The lowest BCUT2D eigenvalue weighted by Crippen LogP contribution is -2.51. The lowest BCUT2D eigenvalue weighted by molar-refractivity contribution is -0.129. The fourth-order valence-electron chi connectivity index (χ4n) is 3.99. The Bertz CT molecular complexity index is 675. The molecule has 1 saturated carbocycles. The molecule has 2 aliphatic rings. The molecular formula is C21H31N3O4. The van der Waals surface area contributed by atoms with Gasteiger partial charge in [-0.05, 0) is 50.7 Å². The number of amides is 3. The Balaban J connectivity index is 1.50. The summed E-state index contributed by atoms with van der Waals surface area (Å²) in [4.78, 5) is 25.0. The number of urea groups is 1. The van der Waals surface area contributed by atoms with Crippen molar-refractivity contribution >= 4 is 17.6 Å². The summed E-state index contributed by atoms with van der Waals surface area (Å²) in [5.74, 6) is 0.0158. The first-order valence-corrected chi connectivity index (χ1v) is 10.1. The highest BCUT2D eigenvalue weighted by molar-refractivity contribution is 5.90. The highest BCUT2D eigenvalue weighted by Gasteiger charge is 2.35. The predicted molar refractivity (Wildman–Crippen MR) is 107 cm³/mol. The van der Waals surface area contributed by atoms with E-state index in [0.717, 1.165) is 30.5 Å². The van der Waals surface area contributed by atoms with E-state index in [9.17, 15) is 9.59 Å². The van der Waals surface area contributed by atoms with Gasteiger partial charge >= 0.3 is 6.03 Å². The number of hydrogen-bond acceptors (Lipinski definition) is 4. The number of carbonyl (C=O) groups excluding carboxylic acids is 2. The van der Waals surface area contributed by atoms with E-state index in [-0.39, 0.29) is 36.0 Å². The maximum absolute atomic E-state index is 12.6. The fourth-order valence-corrected chi connectivity index (χ4v) is 3.99. The van der Waals surface area contributed by atoms with Crippen molar-refractivity contribution in [3.8, 4) is 0 Å². The van der Waals surface area contributed by atoms with Crippen molar-refractivity contribution in [2.75, 3.05) is 25.6 Å². The molecule has 1 aliphatic heterocycles. The molecule has 28 heavy (non-hydrogen) atoms. The average molecular weight is 389 g/mol. The number of nitrogens with one attached hydrogen (secondary N) is 3. The molecule has 154 valence electrons. The van der Waals surface area contributed by atoms with Gasteiger partial charge in [0.1, 0.15) is 0 Å². The van der Waals surface area contributed by atoms with Gasteiger partial charge in [0.15, 0.2) is 0 Å². The van der Waals surface area contributed by atoms with Gasteiger partial charge in [0.25, 0.3) is 0 Å². The number of para-hydroxylation sites is 1. The summed E-state index contributed by atoms with van der Waals surface area (Å²) in [5, 5.41) is 9.06. The molecule has 0 spiro atoms. The standard InChI is InChI=1S/C21H31N3O4/c1-14-5-3-4-6-17(14)23-21(26)24-18-8-7-15(13-19(18)27-2)20(25)22-16-9-11-28-12-10-16/h3-6,15-16,18-19H,7-13H2,1-2H3,(H,22,25)(H2,23,24,26)/t15-,18+,19+/m0/s1. The van der Waals surface area contributed by atoms with Gasteiger partial charge in [0.05, 0.1) is 12.1 Å². The Kier molecular flexibility index (Phi) is 7.28. The largest absolute Gasteiger partial charge is 0.381 e. The molecule has 1 aliphatic carbocycles. The van der Waals surface area contributed by atoms with Gasteiger partial charge in [-0.1, -0.05) is 18.2 Å². The van der Waals surface area contributed by atoms with Gasteiger partial charge in [-0.2, -0.15) is 0 Å². The highest BCUT2D eigenvalue weighted by atomic mass is 16.5. The van der Waals surface area contributed by atoms with Crippen LogP contribution >= 0.6 is 0 Å². The fraction of sp³-hybridized carbons (Fsp3) is 0.619. The van der Waals surface area contributed by atoms with Gasteiger partial charge in [-0.25, -0.2) is 4.79 Å². The van der Waals surface area contributed by atoms with E-state index in [1.807, 2.05) is 31.2 Å². The van der Waals surface area contributed by atoms with Gasteiger partial charge in [-0.3, -0.25) is 4.79 Å². The summed E-state index contributed by atoms with van der Waals surface area (Å²) in [5.41, 5.74) is 1.80. The lowest BCUT2D eigenvalue weighted by Gasteiger charge is -2.36. The van der Waals surface area contributed by atoms with Crippen LogP contribution in [-0.2, 0) is 14.3 Å². The van der Waals surface area contributed by atoms with E-state index in [1.54, 1.807) is 7.11 Å². The molecule has 1 saturated heterocycles. The highest BCUT2D eigenvalue weighted by Crippen LogP contribution is 2.27. The first-order valence-electron chi connectivity index (χ1n) is 10.1. The first kappa shape index (κ1) is 20.6. The molecule has 1 aromatic carbocycles. The summed E-state index contributed by atoms with van der Waals surface area (Å²) in [6, 6.07) is 7.51. The number of methoxy groups -OCH3 is 1. The molecule has 3 atom stereocenters. The zero-order valence-corrected chi connectivity index (χ0v) is 16.7. The zero-order chi connectivity index (χ0) is 19.9. The predicted octanol–water partition coefficient (Wildman–Crippen LogP) is 2.60. The van der Waals surface area contributed by atoms with Crippen LogP contribution in [0.1, 0.15) is 37.7 Å². The van der Waals surface area contributed by atoms with Crippen LogP contribution in [-0.4, -0.2) is 50.4 Å². The van der Waals surface area contributed by atoms with Crippen LogP contribution in [0.4, 0.5) is 10.5 Å². The Hall–Kier alpha value is -2.12. The first-order chi connectivity index (χ1) is 13.6. The van der Waals surface area contributed by atoms with Crippen molar-refractivity contribution in [1.29, 1.82) is 0 Å². The van der Waals surface area contributed by atoms with Crippen LogP contribution in [0.2, 0.25) is 0 Å². The number of benzene rings is 1. The second-order valence-electron chi connectivity index (χ2n) is 7.70.